The Morgan fingerprint density at radius 2 is 1.37 bits per heavy atom. The number of rotatable bonds is 3. The zero-order valence-electron chi connectivity index (χ0n) is 13.9. The number of hydrogen-bond acceptors (Lipinski definition) is 3. The molecule has 19 heavy (non-hydrogen) atoms. The molecule has 0 bridgehead atoms. The molecule has 0 aromatic rings. The molecule has 1 aliphatic heterocycles. The van der Waals surface area contributed by atoms with E-state index >= 15 is 0 Å². The van der Waals surface area contributed by atoms with Crippen molar-refractivity contribution in [2.75, 3.05) is 26.5 Å². The first-order valence-corrected chi connectivity index (χ1v) is 9.62. The second-order valence-electron chi connectivity index (χ2n) is 4.41. The van der Waals surface area contributed by atoms with Gasteiger partial charge >= 0.3 is 0 Å². The first-order valence-electron chi connectivity index (χ1n) is 8.01. The third kappa shape index (κ3) is 4.92. The van der Waals surface area contributed by atoms with Crippen LogP contribution in [0.2, 0.25) is 0 Å². The minimum absolute atomic E-state index is 0.719. The van der Waals surface area contributed by atoms with Crippen molar-refractivity contribution < 1.29 is 8.37 Å². The van der Waals surface area contributed by atoms with Crippen LogP contribution in [0.3, 0.4) is 0 Å². The molecule has 1 saturated heterocycles. The molecular weight excluding hydrogens is 258 g/mol. The van der Waals surface area contributed by atoms with E-state index in [1.165, 1.54) is 45.1 Å². The van der Waals surface area contributed by atoms with Crippen LogP contribution in [0, 0.1) is 0 Å². The Balaban J connectivity index is 0.000000741. The van der Waals surface area contributed by atoms with Crippen molar-refractivity contribution in [1.82, 2.24) is 4.31 Å². The molecular formula is C15H35NO2S. The SMILES string of the molecule is CC.CC.COS1(OC)CCCN1C1CCCCC1. The third-order valence-electron chi connectivity index (χ3n) is 3.64. The first-order chi connectivity index (χ1) is 9.32. The Bertz CT molecular complexity index is 204. The predicted molar refractivity (Wildman–Crippen MR) is 87.4 cm³/mol. The van der Waals surface area contributed by atoms with Crippen molar-refractivity contribution >= 4 is 10.8 Å². The minimum atomic E-state index is -1.34. The van der Waals surface area contributed by atoms with E-state index < -0.39 is 10.8 Å². The fourth-order valence-corrected chi connectivity index (χ4v) is 5.52. The average Bonchev–Trinajstić information content (AvgIpc) is 2.96. The summed E-state index contributed by atoms with van der Waals surface area (Å²) in [6.07, 6.45) is 8.07. The molecule has 0 unspecified atom stereocenters. The van der Waals surface area contributed by atoms with Crippen LogP contribution < -0.4 is 0 Å². The molecule has 1 saturated carbocycles. The van der Waals surface area contributed by atoms with Crippen molar-refractivity contribution in [3.63, 3.8) is 0 Å². The van der Waals surface area contributed by atoms with Crippen LogP contribution in [-0.2, 0) is 8.37 Å². The molecule has 0 aromatic carbocycles. The summed E-state index contributed by atoms with van der Waals surface area (Å²) in [4.78, 5) is 0. The van der Waals surface area contributed by atoms with Gasteiger partial charge in [0.15, 0.2) is 0 Å². The lowest BCUT2D eigenvalue weighted by Crippen LogP contribution is -2.37. The Morgan fingerprint density at radius 3 is 1.84 bits per heavy atom. The van der Waals surface area contributed by atoms with Crippen LogP contribution in [0.1, 0.15) is 66.2 Å². The maximum Gasteiger partial charge on any atom is 0.0620 e. The highest BCUT2D eigenvalue weighted by Gasteiger charge is 2.38. The van der Waals surface area contributed by atoms with Gasteiger partial charge in [-0.3, -0.25) is 8.37 Å². The third-order valence-corrected chi connectivity index (χ3v) is 6.68. The second kappa shape index (κ2) is 11.0. The lowest BCUT2D eigenvalue weighted by molar-refractivity contribution is 0.223. The van der Waals surface area contributed by atoms with E-state index in [2.05, 4.69) is 4.31 Å². The maximum absolute atomic E-state index is 5.70. The Hall–Kier alpha value is 0.230. The van der Waals surface area contributed by atoms with Crippen molar-refractivity contribution in [1.29, 1.82) is 0 Å². The van der Waals surface area contributed by atoms with Gasteiger partial charge in [0.2, 0.25) is 0 Å². The average molecular weight is 294 g/mol. The van der Waals surface area contributed by atoms with E-state index in [4.69, 9.17) is 8.37 Å². The zero-order chi connectivity index (χ0) is 14.7. The normalized spacial score (nSPS) is 24.7. The fourth-order valence-electron chi connectivity index (χ4n) is 2.86. The largest absolute Gasteiger partial charge is 0.274 e. The van der Waals surface area contributed by atoms with Crippen LogP contribution in [0.5, 0.6) is 0 Å². The monoisotopic (exact) mass is 293 g/mol. The van der Waals surface area contributed by atoms with Gasteiger partial charge in [0.25, 0.3) is 0 Å². The van der Waals surface area contributed by atoms with E-state index in [9.17, 15) is 0 Å². The van der Waals surface area contributed by atoms with E-state index in [0.29, 0.717) is 0 Å². The summed E-state index contributed by atoms with van der Waals surface area (Å²) in [5.74, 6) is 1.09. The molecule has 2 fully saturated rings. The smallest absolute Gasteiger partial charge is 0.0620 e. The molecule has 0 spiro atoms. The van der Waals surface area contributed by atoms with Gasteiger partial charge in [-0.15, -0.1) is 10.8 Å². The van der Waals surface area contributed by atoms with Crippen molar-refractivity contribution in [2.45, 2.75) is 72.3 Å². The standard InChI is InChI=1S/C11H23NO2S.2C2H6/c1-13-15(14-2)10-6-9-12(15)11-7-4-3-5-8-11;2*1-2/h11H,3-10H2,1-2H3;2*1-2H3. The summed E-state index contributed by atoms with van der Waals surface area (Å²) in [6.45, 7) is 9.17. The Morgan fingerprint density at radius 1 is 0.842 bits per heavy atom. The van der Waals surface area contributed by atoms with Crippen molar-refractivity contribution in [2.24, 2.45) is 0 Å². The summed E-state index contributed by atoms with van der Waals surface area (Å²) >= 11 is 0. The summed E-state index contributed by atoms with van der Waals surface area (Å²) < 4.78 is 13.9. The molecule has 0 aromatic heterocycles. The molecule has 2 aliphatic rings. The predicted octanol–water partition coefficient (Wildman–Crippen LogP) is 4.92. The molecule has 4 heteroatoms. The van der Waals surface area contributed by atoms with Gasteiger partial charge in [0.1, 0.15) is 0 Å². The quantitative estimate of drug-likeness (QED) is 0.737. The Labute approximate surface area is 122 Å². The summed E-state index contributed by atoms with van der Waals surface area (Å²) in [6, 6.07) is 0.719. The van der Waals surface area contributed by atoms with Crippen LogP contribution >= 0.6 is 10.8 Å². The van der Waals surface area contributed by atoms with E-state index in [0.717, 1.165) is 11.8 Å². The van der Waals surface area contributed by atoms with Crippen LogP contribution in [0.25, 0.3) is 0 Å². The van der Waals surface area contributed by atoms with E-state index in [1.807, 2.05) is 27.7 Å². The van der Waals surface area contributed by atoms with Crippen molar-refractivity contribution in [3.05, 3.63) is 0 Å². The zero-order valence-corrected chi connectivity index (χ0v) is 14.7. The van der Waals surface area contributed by atoms with Gasteiger partial charge in [0, 0.05) is 12.6 Å². The van der Waals surface area contributed by atoms with Crippen LogP contribution in [-0.4, -0.2) is 36.9 Å². The highest BCUT2D eigenvalue weighted by molar-refractivity contribution is 8.24. The molecule has 1 heterocycles. The molecule has 0 atom stereocenters. The van der Waals surface area contributed by atoms with Gasteiger partial charge in [-0.25, -0.2) is 4.31 Å². The maximum atomic E-state index is 5.70. The van der Waals surface area contributed by atoms with Crippen LogP contribution in [0.15, 0.2) is 0 Å². The molecule has 0 N–H and O–H groups in total. The highest BCUT2D eigenvalue weighted by Crippen LogP contribution is 2.58. The van der Waals surface area contributed by atoms with Gasteiger partial charge in [-0.05, 0) is 19.3 Å². The first kappa shape index (κ1) is 19.2. The fraction of sp³-hybridized carbons (Fsp3) is 1.00. The molecule has 3 nitrogen and oxygen atoms in total. The van der Waals surface area contributed by atoms with Crippen molar-refractivity contribution in [3.8, 4) is 0 Å². The Kier molecular flexibility index (Phi) is 11.1. The topological polar surface area (TPSA) is 21.7 Å². The lowest BCUT2D eigenvalue weighted by Gasteiger charge is -2.48. The molecule has 2 rings (SSSR count). The number of nitrogens with zero attached hydrogens (tertiary/aromatic N) is 1. The highest BCUT2D eigenvalue weighted by atomic mass is 32.3. The van der Waals surface area contributed by atoms with Gasteiger partial charge in [-0.2, -0.15) is 0 Å². The molecule has 118 valence electrons. The number of hydrogen-bond donors (Lipinski definition) is 0. The van der Waals surface area contributed by atoms with E-state index in [1.54, 1.807) is 14.2 Å². The summed E-state index contributed by atoms with van der Waals surface area (Å²) in [5, 5.41) is 0. The molecule has 1 aliphatic carbocycles. The second-order valence-corrected chi connectivity index (χ2v) is 7.11. The molecule has 0 amide bonds. The van der Waals surface area contributed by atoms with Crippen LogP contribution in [0.4, 0.5) is 0 Å². The summed E-state index contributed by atoms with van der Waals surface area (Å²) in [7, 11) is 2.27. The van der Waals surface area contributed by atoms with Gasteiger partial charge in [-0.1, -0.05) is 47.0 Å². The molecule has 0 radical (unpaired) electrons. The van der Waals surface area contributed by atoms with Gasteiger partial charge in [0.05, 0.1) is 20.0 Å². The van der Waals surface area contributed by atoms with E-state index in [-0.39, 0.29) is 0 Å². The van der Waals surface area contributed by atoms with Gasteiger partial charge < -0.3 is 0 Å². The minimum Gasteiger partial charge on any atom is -0.274 e. The lowest BCUT2D eigenvalue weighted by atomic mass is 9.95. The summed E-state index contributed by atoms with van der Waals surface area (Å²) in [5.41, 5.74) is 0.